The SMILES string of the molecule is CC1CC(C)CN(S(=O)(=O)NC2(C(=O)O)CCOC2)C1. The molecule has 2 heterocycles. The van der Waals surface area contributed by atoms with Crippen molar-refractivity contribution in [2.75, 3.05) is 26.3 Å². The summed E-state index contributed by atoms with van der Waals surface area (Å²) in [5.41, 5.74) is -1.53. The van der Waals surface area contributed by atoms with Crippen LogP contribution >= 0.6 is 0 Å². The summed E-state index contributed by atoms with van der Waals surface area (Å²) >= 11 is 0. The average Bonchev–Trinajstić information content (AvgIpc) is 2.76. The van der Waals surface area contributed by atoms with Gasteiger partial charge in [-0.1, -0.05) is 13.8 Å². The smallest absolute Gasteiger partial charge is 0.327 e. The van der Waals surface area contributed by atoms with Crippen LogP contribution in [-0.4, -0.2) is 55.6 Å². The topological polar surface area (TPSA) is 95.9 Å². The predicted octanol–water partition coefficient (Wildman–Crippen LogP) is 0.0424. The molecule has 0 bridgehead atoms. The summed E-state index contributed by atoms with van der Waals surface area (Å²) in [5, 5.41) is 9.30. The van der Waals surface area contributed by atoms with E-state index in [-0.39, 0.29) is 31.5 Å². The first kappa shape index (κ1) is 15.7. The lowest BCUT2D eigenvalue weighted by Crippen LogP contribution is -2.60. The van der Waals surface area contributed by atoms with E-state index in [4.69, 9.17) is 4.74 Å². The summed E-state index contributed by atoms with van der Waals surface area (Å²) in [6, 6.07) is 0. The van der Waals surface area contributed by atoms with Gasteiger partial charge >= 0.3 is 5.97 Å². The number of nitrogens with zero attached hydrogens (tertiary/aromatic N) is 1. The molecule has 2 N–H and O–H groups in total. The normalized spacial score (nSPS) is 36.1. The molecule has 2 aliphatic rings. The van der Waals surface area contributed by atoms with E-state index in [0.717, 1.165) is 6.42 Å². The standard InChI is InChI=1S/C12H22N2O5S/c1-9-5-10(2)7-14(6-9)20(17,18)13-12(11(15)16)3-4-19-8-12/h9-10,13H,3-8H2,1-2H3,(H,15,16). The number of aliphatic carboxylic acids is 1. The first-order valence-electron chi connectivity index (χ1n) is 6.85. The Bertz CT molecular complexity index is 462. The van der Waals surface area contributed by atoms with Crippen LogP contribution in [0.15, 0.2) is 0 Å². The highest BCUT2D eigenvalue weighted by Gasteiger charge is 2.47. The van der Waals surface area contributed by atoms with Crippen molar-refractivity contribution in [2.45, 2.75) is 32.2 Å². The van der Waals surface area contributed by atoms with Gasteiger partial charge in [-0.05, 0) is 18.3 Å². The minimum atomic E-state index is -3.81. The molecule has 2 aliphatic heterocycles. The van der Waals surface area contributed by atoms with Crippen molar-refractivity contribution >= 4 is 16.2 Å². The summed E-state index contributed by atoms with van der Waals surface area (Å²) in [4.78, 5) is 11.4. The molecule has 0 spiro atoms. The molecule has 7 nitrogen and oxygen atoms in total. The average molecular weight is 306 g/mol. The van der Waals surface area contributed by atoms with Crippen molar-refractivity contribution in [1.29, 1.82) is 0 Å². The Hall–Kier alpha value is -0.700. The van der Waals surface area contributed by atoms with Gasteiger partial charge in [-0.25, -0.2) is 0 Å². The number of carboxylic acids is 1. The molecule has 0 amide bonds. The second-order valence-corrected chi connectivity index (χ2v) is 7.73. The molecule has 2 fully saturated rings. The summed E-state index contributed by atoms with van der Waals surface area (Å²) in [6.45, 7) is 4.99. The summed E-state index contributed by atoms with van der Waals surface area (Å²) in [7, 11) is -3.81. The van der Waals surface area contributed by atoms with Gasteiger partial charge in [-0.15, -0.1) is 0 Å². The van der Waals surface area contributed by atoms with Crippen LogP contribution in [0.25, 0.3) is 0 Å². The molecule has 3 atom stereocenters. The lowest BCUT2D eigenvalue weighted by Gasteiger charge is -2.36. The number of carboxylic acid groups (broad SMARTS) is 1. The number of carbonyl (C=O) groups is 1. The van der Waals surface area contributed by atoms with E-state index in [1.165, 1.54) is 4.31 Å². The zero-order valence-electron chi connectivity index (χ0n) is 11.8. The number of ether oxygens (including phenoxy) is 1. The fraction of sp³-hybridized carbons (Fsp3) is 0.917. The third-order valence-electron chi connectivity index (χ3n) is 3.93. The van der Waals surface area contributed by atoms with Crippen molar-refractivity contribution in [3.63, 3.8) is 0 Å². The molecule has 0 aromatic carbocycles. The van der Waals surface area contributed by atoms with Crippen LogP contribution < -0.4 is 4.72 Å². The second kappa shape index (κ2) is 5.59. The number of hydrogen-bond donors (Lipinski definition) is 2. The monoisotopic (exact) mass is 306 g/mol. The van der Waals surface area contributed by atoms with Gasteiger partial charge in [-0.3, -0.25) is 4.79 Å². The highest BCUT2D eigenvalue weighted by Crippen LogP contribution is 2.25. The molecule has 2 rings (SSSR count). The molecule has 0 aromatic rings. The summed E-state index contributed by atoms with van der Waals surface area (Å²) in [6.07, 6.45) is 1.14. The van der Waals surface area contributed by atoms with Gasteiger partial charge in [0.15, 0.2) is 5.54 Å². The number of piperidine rings is 1. The quantitative estimate of drug-likeness (QED) is 0.764. The molecule has 20 heavy (non-hydrogen) atoms. The Balaban J connectivity index is 2.16. The Morgan fingerprint density at radius 3 is 2.40 bits per heavy atom. The Labute approximate surface area is 119 Å². The van der Waals surface area contributed by atoms with Gasteiger partial charge in [0.1, 0.15) is 0 Å². The van der Waals surface area contributed by atoms with Crippen LogP contribution in [0.4, 0.5) is 0 Å². The first-order valence-corrected chi connectivity index (χ1v) is 8.29. The van der Waals surface area contributed by atoms with Crippen LogP contribution in [0.5, 0.6) is 0 Å². The van der Waals surface area contributed by atoms with Gasteiger partial charge in [0, 0.05) is 26.1 Å². The van der Waals surface area contributed by atoms with E-state index < -0.39 is 21.7 Å². The number of hydrogen-bond acceptors (Lipinski definition) is 4. The molecule has 3 unspecified atom stereocenters. The fourth-order valence-corrected chi connectivity index (χ4v) is 4.74. The largest absolute Gasteiger partial charge is 0.480 e. The lowest BCUT2D eigenvalue weighted by atomic mass is 9.94. The molecule has 0 radical (unpaired) electrons. The van der Waals surface area contributed by atoms with Gasteiger partial charge in [0.2, 0.25) is 0 Å². The zero-order valence-corrected chi connectivity index (χ0v) is 12.6. The lowest BCUT2D eigenvalue weighted by molar-refractivity contribution is -0.144. The molecular weight excluding hydrogens is 284 g/mol. The van der Waals surface area contributed by atoms with E-state index in [2.05, 4.69) is 4.72 Å². The van der Waals surface area contributed by atoms with Crippen molar-refractivity contribution in [3.8, 4) is 0 Å². The summed E-state index contributed by atoms with van der Waals surface area (Å²) < 4.78 is 33.7. The van der Waals surface area contributed by atoms with E-state index >= 15 is 0 Å². The minimum absolute atomic E-state index is 0.124. The maximum absolute atomic E-state index is 12.4. The molecule has 2 saturated heterocycles. The third-order valence-corrected chi connectivity index (χ3v) is 5.56. The highest BCUT2D eigenvalue weighted by molar-refractivity contribution is 7.87. The van der Waals surface area contributed by atoms with E-state index in [9.17, 15) is 18.3 Å². The number of nitrogens with one attached hydrogen (secondary N) is 1. The molecule has 0 aliphatic carbocycles. The fourth-order valence-electron chi connectivity index (χ4n) is 2.97. The highest BCUT2D eigenvalue weighted by atomic mass is 32.2. The molecule has 8 heteroatoms. The van der Waals surface area contributed by atoms with Crippen LogP contribution in [0.2, 0.25) is 0 Å². The van der Waals surface area contributed by atoms with Gasteiger partial charge in [-0.2, -0.15) is 17.4 Å². The van der Waals surface area contributed by atoms with Gasteiger partial charge < -0.3 is 9.84 Å². The predicted molar refractivity (Wildman–Crippen MR) is 72.4 cm³/mol. The van der Waals surface area contributed by atoms with E-state index in [1.807, 2.05) is 13.8 Å². The summed E-state index contributed by atoms with van der Waals surface area (Å²) in [5.74, 6) is -0.636. The van der Waals surface area contributed by atoms with Gasteiger partial charge in [0.25, 0.3) is 10.2 Å². The second-order valence-electron chi connectivity index (χ2n) is 6.06. The van der Waals surface area contributed by atoms with E-state index in [1.54, 1.807) is 0 Å². The number of rotatable bonds is 4. The molecular formula is C12H22N2O5S. The van der Waals surface area contributed by atoms with Gasteiger partial charge in [0.05, 0.1) is 6.61 Å². The zero-order chi connectivity index (χ0) is 15.0. The van der Waals surface area contributed by atoms with Crippen molar-refractivity contribution in [3.05, 3.63) is 0 Å². The first-order chi connectivity index (χ1) is 9.25. The van der Waals surface area contributed by atoms with Crippen molar-refractivity contribution < 1.29 is 23.1 Å². The van der Waals surface area contributed by atoms with Crippen LogP contribution in [0, 0.1) is 11.8 Å². The Kier molecular flexibility index (Phi) is 4.38. The van der Waals surface area contributed by atoms with Crippen LogP contribution in [0.1, 0.15) is 26.7 Å². The third kappa shape index (κ3) is 3.13. The van der Waals surface area contributed by atoms with Crippen LogP contribution in [-0.2, 0) is 19.7 Å². The van der Waals surface area contributed by atoms with Crippen molar-refractivity contribution in [2.24, 2.45) is 11.8 Å². The molecule has 0 aromatic heterocycles. The molecule has 0 saturated carbocycles. The Morgan fingerprint density at radius 1 is 1.35 bits per heavy atom. The maximum atomic E-state index is 12.4. The molecule has 116 valence electrons. The van der Waals surface area contributed by atoms with E-state index in [0.29, 0.717) is 13.1 Å². The minimum Gasteiger partial charge on any atom is -0.480 e. The maximum Gasteiger partial charge on any atom is 0.327 e. The Morgan fingerprint density at radius 2 is 1.95 bits per heavy atom. The van der Waals surface area contributed by atoms with Crippen LogP contribution in [0.3, 0.4) is 0 Å². The van der Waals surface area contributed by atoms with Crippen molar-refractivity contribution in [1.82, 2.24) is 9.03 Å².